The van der Waals surface area contributed by atoms with E-state index in [0.717, 1.165) is 38.6 Å². The number of hydrogen-bond acceptors (Lipinski definition) is 4. The van der Waals surface area contributed by atoms with Gasteiger partial charge in [-0.1, -0.05) is 26.2 Å². The molecule has 1 fully saturated rings. The van der Waals surface area contributed by atoms with E-state index in [1.807, 2.05) is 6.92 Å². The second-order valence-corrected chi connectivity index (χ2v) is 6.87. The fourth-order valence-electron chi connectivity index (χ4n) is 2.49. The fourth-order valence-corrected chi connectivity index (χ4v) is 3.91. The van der Waals surface area contributed by atoms with Crippen molar-refractivity contribution in [2.75, 3.05) is 11.9 Å². The van der Waals surface area contributed by atoms with E-state index >= 15 is 0 Å². The van der Waals surface area contributed by atoms with Crippen molar-refractivity contribution >= 4 is 15.7 Å². The van der Waals surface area contributed by atoms with E-state index in [0.29, 0.717) is 5.69 Å². The van der Waals surface area contributed by atoms with E-state index in [4.69, 9.17) is 0 Å². The van der Waals surface area contributed by atoms with Crippen molar-refractivity contribution in [1.29, 1.82) is 0 Å². The van der Waals surface area contributed by atoms with Gasteiger partial charge in [0.2, 0.25) is 0 Å². The molecule has 0 amide bonds. The quantitative estimate of drug-likeness (QED) is 0.846. The molecule has 1 heterocycles. The molecule has 2 rings (SSSR count). The molecule has 1 aromatic heterocycles. The molecule has 1 aromatic rings. The summed E-state index contributed by atoms with van der Waals surface area (Å²) in [5, 5.41) is 3.23. The van der Waals surface area contributed by atoms with Gasteiger partial charge in [0.05, 0.1) is 5.69 Å². The van der Waals surface area contributed by atoms with Crippen molar-refractivity contribution in [2.24, 2.45) is 0 Å². The number of pyridine rings is 1. The highest BCUT2D eigenvalue weighted by Crippen LogP contribution is 2.22. The number of nitrogens with one attached hydrogen (secondary N) is 2. The summed E-state index contributed by atoms with van der Waals surface area (Å²) in [5.41, 5.74) is 0.581. The summed E-state index contributed by atoms with van der Waals surface area (Å²) in [5.74, 6) is 0. The maximum atomic E-state index is 12.5. The molecule has 1 aliphatic carbocycles. The Balaban J connectivity index is 2.15. The van der Waals surface area contributed by atoms with Crippen LogP contribution in [0.4, 0.5) is 5.69 Å². The highest BCUT2D eigenvalue weighted by atomic mass is 32.2. The first-order chi connectivity index (χ1) is 9.63. The van der Waals surface area contributed by atoms with E-state index in [1.54, 1.807) is 12.1 Å². The molecule has 0 aliphatic heterocycles. The van der Waals surface area contributed by atoms with Crippen LogP contribution in [0.3, 0.4) is 0 Å². The van der Waals surface area contributed by atoms with E-state index in [-0.39, 0.29) is 11.1 Å². The zero-order valence-corrected chi connectivity index (χ0v) is 12.7. The van der Waals surface area contributed by atoms with E-state index < -0.39 is 10.0 Å². The lowest BCUT2D eigenvalue weighted by Gasteiger charge is -2.23. The van der Waals surface area contributed by atoms with Gasteiger partial charge < -0.3 is 5.32 Å². The Morgan fingerprint density at radius 2 is 2.05 bits per heavy atom. The van der Waals surface area contributed by atoms with Crippen molar-refractivity contribution in [3.8, 4) is 0 Å². The van der Waals surface area contributed by atoms with Crippen molar-refractivity contribution in [3.05, 3.63) is 18.3 Å². The molecule has 112 valence electrons. The fraction of sp³-hybridized carbons (Fsp3) is 0.643. The molecular weight excluding hydrogens is 274 g/mol. The molecule has 0 bridgehead atoms. The Morgan fingerprint density at radius 1 is 1.30 bits per heavy atom. The average Bonchev–Trinajstić information content (AvgIpc) is 2.46. The minimum absolute atomic E-state index is 0.0507. The average molecular weight is 297 g/mol. The zero-order valence-electron chi connectivity index (χ0n) is 11.9. The Bertz CT molecular complexity index is 525. The first kappa shape index (κ1) is 15.3. The van der Waals surface area contributed by atoms with Gasteiger partial charge in [-0.3, -0.25) is 0 Å². The molecule has 2 N–H and O–H groups in total. The van der Waals surface area contributed by atoms with Crippen LogP contribution in [-0.2, 0) is 10.0 Å². The van der Waals surface area contributed by atoms with Crippen LogP contribution in [0.25, 0.3) is 0 Å². The number of rotatable bonds is 6. The van der Waals surface area contributed by atoms with Crippen LogP contribution < -0.4 is 10.0 Å². The predicted octanol–water partition coefficient (Wildman–Crippen LogP) is 2.51. The Labute approximate surface area is 121 Å². The normalized spacial score (nSPS) is 17.1. The third kappa shape index (κ3) is 3.93. The third-order valence-electron chi connectivity index (χ3n) is 3.52. The van der Waals surface area contributed by atoms with E-state index in [2.05, 4.69) is 15.0 Å². The van der Waals surface area contributed by atoms with Crippen LogP contribution >= 0.6 is 0 Å². The summed E-state index contributed by atoms with van der Waals surface area (Å²) in [4.78, 5) is 4.06. The minimum atomic E-state index is -3.54. The topological polar surface area (TPSA) is 71.1 Å². The van der Waals surface area contributed by atoms with Crippen molar-refractivity contribution < 1.29 is 8.42 Å². The Hall–Kier alpha value is -1.14. The van der Waals surface area contributed by atoms with E-state index in [1.165, 1.54) is 12.6 Å². The maximum absolute atomic E-state index is 12.5. The molecule has 5 nitrogen and oxygen atoms in total. The number of hydrogen-bond donors (Lipinski definition) is 2. The van der Waals surface area contributed by atoms with E-state index in [9.17, 15) is 8.42 Å². The van der Waals surface area contributed by atoms with Gasteiger partial charge >= 0.3 is 0 Å². The standard InChI is InChI=1S/C14H23N3O2S/c1-2-10-15-13-9-6-11-16-14(13)20(18,19)17-12-7-4-3-5-8-12/h6,9,11-12,15,17H,2-5,7-8,10H2,1H3. The molecular formula is C14H23N3O2S. The first-order valence-electron chi connectivity index (χ1n) is 7.34. The molecule has 0 radical (unpaired) electrons. The summed E-state index contributed by atoms with van der Waals surface area (Å²) in [6.07, 6.45) is 7.68. The molecule has 0 saturated heterocycles. The highest BCUT2D eigenvalue weighted by molar-refractivity contribution is 7.89. The third-order valence-corrected chi connectivity index (χ3v) is 5.00. The second kappa shape index (κ2) is 7.04. The van der Waals surface area contributed by atoms with Crippen molar-refractivity contribution in [3.63, 3.8) is 0 Å². The number of anilines is 1. The first-order valence-corrected chi connectivity index (χ1v) is 8.83. The van der Waals surface area contributed by atoms with Crippen LogP contribution in [0.2, 0.25) is 0 Å². The summed E-state index contributed by atoms with van der Waals surface area (Å²) in [6, 6.07) is 3.56. The lowest BCUT2D eigenvalue weighted by molar-refractivity contribution is 0.411. The molecule has 1 saturated carbocycles. The van der Waals surface area contributed by atoms with Gasteiger partial charge in [0.1, 0.15) is 0 Å². The molecule has 20 heavy (non-hydrogen) atoms. The lowest BCUT2D eigenvalue weighted by Crippen LogP contribution is -2.36. The SMILES string of the molecule is CCCNc1cccnc1S(=O)(=O)NC1CCCCC1. The van der Waals surface area contributed by atoms with Gasteiger partial charge in [-0.15, -0.1) is 0 Å². The molecule has 0 aromatic carbocycles. The van der Waals surface area contributed by atoms with Crippen molar-refractivity contribution in [2.45, 2.75) is 56.5 Å². The molecule has 0 atom stereocenters. The monoisotopic (exact) mass is 297 g/mol. The van der Waals surface area contributed by atoms with Gasteiger partial charge in [0.15, 0.2) is 5.03 Å². The lowest BCUT2D eigenvalue weighted by atomic mass is 9.96. The van der Waals surface area contributed by atoms with Gasteiger partial charge in [-0.25, -0.2) is 18.1 Å². The number of sulfonamides is 1. The van der Waals surface area contributed by atoms with Crippen LogP contribution in [-0.4, -0.2) is 26.0 Å². The van der Waals surface area contributed by atoms with Gasteiger partial charge in [-0.05, 0) is 31.4 Å². The Kier molecular flexibility index (Phi) is 5.37. The summed E-state index contributed by atoms with van der Waals surface area (Å²) in [6.45, 7) is 2.77. The van der Waals surface area contributed by atoms with Gasteiger partial charge in [0, 0.05) is 18.8 Å². The summed E-state index contributed by atoms with van der Waals surface area (Å²) in [7, 11) is -3.54. The van der Waals surface area contributed by atoms with Gasteiger partial charge in [-0.2, -0.15) is 0 Å². The predicted molar refractivity (Wildman–Crippen MR) is 80.2 cm³/mol. The smallest absolute Gasteiger partial charge is 0.260 e. The second-order valence-electron chi connectivity index (χ2n) is 5.24. The van der Waals surface area contributed by atoms with Gasteiger partial charge in [0.25, 0.3) is 10.0 Å². The Morgan fingerprint density at radius 3 is 2.75 bits per heavy atom. The number of aromatic nitrogens is 1. The van der Waals surface area contributed by atoms with Crippen LogP contribution in [0, 0.1) is 0 Å². The molecule has 1 aliphatic rings. The summed E-state index contributed by atoms with van der Waals surface area (Å²) < 4.78 is 27.7. The molecule has 0 spiro atoms. The van der Waals surface area contributed by atoms with Crippen LogP contribution in [0.1, 0.15) is 45.4 Å². The minimum Gasteiger partial charge on any atom is -0.383 e. The van der Waals surface area contributed by atoms with Crippen LogP contribution in [0.5, 0.6) is 0 Å². The largest absolute Gasteiger partial charge is 0.383 e. The zero-order chi connectivity index (χ0) is 14.4. The molecule has 0 unspecified atom stereocenters. The number of nitrogens with zero attached hydrogens (tertiary/aromatic N) is 1. The van der Waals surface area contributed by atoms with Crippen molar-refractivity contribution in [1.82, 2.24) is 9.71 Å². The highest BCUT2D eigenvalue weighted by Gasteiger charge is 2.25. The summed E-state index contributed by atoms with van der Waals surface area (Å²) >= 11 is 0. The molecule has 6 heteroatoms. The van der Waals surface area contributed by atoms with Crippen LogP contribution in [0.15, 0.2) is 23.4 Å². The maximum Gasteiger partial charge on any atom is 0.260 e.